The number of hydrogen-bond acceptors (Lipinski definition) is 9. The molecule has 3 rings (SSSR count). The zero-order valence-corrected chi connectivity index (χ0v) is 21.0. The van der Waals surface area contributed by atoms with E-state index in [4.69, 9.17) is 9.47 Å². The number of benzene rings is 1. The molecule has 0 atom stereocenters. The van der Waals surface area contributed by atoms with Crippen molar-refractivity contribution in [3.63, 3.8) is 0 Å². The molecule has 1 saturated heterocycles. The van der Waals surface area contributed by atoms with Crippen LogP contribution in [-0.4, -0.2) is 63.3 Å². The maximum absolute atomic E-state index is 12.9. The van der Waals surface area contributed by atoms with E-state index in [2.05, 4.69) is 5.32 Å². The molecule has 1 aliphatic rings. The number of rotatable bonds is 10. The Morgan fingerprint density at radius 2 is 1.71 bits per heavy atom. The molecule has 0 spiro atoms. The van der Waals surface area contributed by atoms with Crippen molar-refractivity contribution in [3.05, 3.63) is 45.8 Å². The lowest BCUT2D eigenvalue weighted by Gasteiger charge is -2.16. The highest BCUT2D eigenvalue weighted by molar-refractivity contribution is 7.89. The van der Waals surface area contributed by atoms with Gasteiger partial charge in [0.05, 0.1) is 30.2 Å². The molecular formula is C23H28N2O7S2. The lowest BCUT2D eigenvalue weighted by atomic mass is 10.1. The number of esters is 2. The van der Waals surface area contributed by atoms with E-state index in [1.165, 1.54) is 22.5 Å². The third-order valence-electron chi connectivity index (χ3n) is 5.36. The summed E-state index contributed by atoms with van der Waals surface area (Å²) >= 11 is 1.01. The van der Waals surface area contributed by atoms with Gasteiger partial charge in [0, 0.05) is 18.7 Å². The highest BCUT2D eigenvalue weighted by Gasteiger charge is 2.29. The standard InChI is InChI=1S/C23H28N2O7S2/c1-4-31-22(27)19-15(3)20(23(28)32-5-2)33-21(19)24-14-18(26)16-9-8-10-17(13-16)34(29,30)25-11-6-7-12-25/h8-10,13,24H,4-7,11-12,14H2,1-3H3. The number of nitrogens with one attached hydrogen (secondary N) is 1. The van der Waals surface area contributed by atoms with Gasteiger partial charge < -0.3 is 14.8 Å². The SMILES string of the molecule is CCOC(=O)c1sc(NCC(=O)c2cccc(S(=O)(=O)N3CCCC3)c2)c(C(=O)OCC)c1C. The van der Waals surface area contributed by atoms with E-state index in [0.29, 0.717) is 23.7 Å². The monoisotopic (exact) mass is 508 g/mol. The van der Waals surface area contributed by atoms with Crippen molar-refractivity contribution < 1.29 is 32.3 Å². The first-order chi connectivity index (χ1) is 16.2. The molecule has 1 N–H and O–H groups in total. The van der Waals surface area contributed by atoms with Crippen LogP contribution in [0, 0.1) is 6.92 Å². The topological polar surface area (TPSA) is 119 Å². The molecule has 0 saturated carbocycles. The van der Waals surface area contributed by atoms with Gasteiger partial charge in [0.25, 0.3) is 0 Å². The second-order valence-electron chi connectivity index (χ2n) is 7.62. The van der Waals surface area contributed by atoms with Gasteiger partial charge in [-0.2, -0.15) is 4.31 Å². The van der Waals surface area contributed by atoms with E-state index >= 15 is 0 Å². The molecule has 9 nitrogen and oxygen atoms in total. The predicted octanol–water partition coefficient (Wildman–Crippen LogP) is 3.49. The Hall–Kier alpha value is -2.76. The fraction of sp³-hybridized carbons (Fsp3) is 0.435. The molecular weight excluding hydrogens is 480 g/mol. The third-order valence-corrected chi connectivity index (χ3v) is 8.48. The molecule has 1 aromatic carbocycles. The van der Waals surface area contributed by atoms with E-state index in [1.807, 2.05) is 0 Å². The number of nitrogens with zero attached hydrogens (tertiary/aromatic N) is 1. The normalized spacial score (nSPS) is 14.1. The minimum absolute atomic E-state index is 0.0732. The molecule has 2 heterocycles. The van der Waals surface area contributed by atoms with Crippen molar-refractivity contribution in [2.75, 3.05) is 38.2 Å². The van der Waals surface area contributed by atoms with Crippen LogP contribution in [0.15, 0.2) is 29.2 Å². The number of ketones is 1. The quantitative estimate of drug-likeness (QED) is 0.383. The van der Waals surface area contributed by atoms with E-state index < -0.39 is 22.0 Å². The molecule has 0 amide bonds. The smallest absolute Gasteiger partial charge is 0.348 e. The van der Waals surface area contributed by atoms with Crippen molar-refractivity contribution in [1.82, 2.24) is 4.31 Å². The Morgan fingerprint density at radius 1 is 1.06 bits per heavy atom. The molecule has 0 bridgehead atoms. The summed E-state index contributed by atoms with van der Waals surface area (Å²) in [5.74, 6) is -1.53. The largest absolute Gasteiger partial charge is 0.462 e. The summed E-state index contributed by atoms with van der Waals surface area (Å²) < 4.78 is 37.3. The Balaban J connectivity index is 1.82. The first-order valence-corrected chi connectivity index (χ1v) is 13.3. The molecule has 0 radical (unpaired) electrons. The van der Waals surface area contributed by atoms with E-state index in [1.54, 1.807) is 26.8 Å². The average Bonchev–Trinajstić information content (AvgIpc) is 3.46. The van der Waals surface area contributed by atoms with E-state index in [9.17, 15) is 22.8 Å². The number of anilines is 1. The van der Waals surface area contributed by atoms with Gasteiger partial charge in [0.15, 0.2) is 5.78 Å². The number of carbonyl (C=O) groups excluding carboxylic acids is 3. The maximum atomic E-state index is 12.9. The summed E-state index contributed by atoms with van der Waals surface area (Å²) in [6.07, 6.45) is 1.64. The maximum Gasteiger partial charge on any atom is 0.348 e. The Bertz CT molecular complexity index is 1180. The number of hydrogen-bond donors (Lipinski definition) is 1. The second kappa shape index (κ2) is 11.1. The predicted molar refractivity (Wildman–Crippen MR) is 128 cm³/mol. The van der Waals surface area contributed by atoms with Crippen LogP contribution in [0.4, 0.5) is 5.00 Å². The van der Waals surface area contributed by atoms with Crippen molar-refractivity contribution in [2.45, 2.75) is 38.5 Å². The second-order valence-corrected chi connectivity index (χ2v) is 10.6. The van der Waals surface area contributed by atoms with Crippen molar-refractivity contribution in [1.29, 1.82) is 0 Å². The summed E-state index contributed by atoms with van der Waals surface area (Å²) in [5, 5.41) is 3.24. The summed E-state index contributed by atoms with van der Waals surface area (Å²) in [6.45, 7) is 6.05. The van der Waals surface area contributed by atoms with Crippen molar-refractivity contribution in [3.8, 4) is 0 Å². The van der Waals surface area contributed by atoms with Gasteiger partial charge in [-0.15, -0.1) is 11.3 Å². The van der Waals surface area contributed by atoms with Crippen LogP contribution in [-0.2, 0) is 19.5 Å². The number of thiophene rings is 1. The first-order valence-electron chi connectivity index (χ1n) is 11.1. The van der Waals surface area contributed by atoms with E-state index in [0.717, 1.165) is 24.2 Å². The van der Waals surface area contributed by atoms with Gasteiger partial charge in [-0.05, 0) is 51.3 Å². The van der Waals surface area contributed by atoms with E-state index in [-0.39, 0.29) is 46.4 Å². The number of carbonyl (C=O) groups is 3. The molecule has 0 unspecified atom stereocenters. The summed E-state index contributed by atoms with van der Waals surface area (Å²) in [4.78, 5) is 38.0. The van der Waals surface area contributed by atoms with Crippen LogP contribution in [0.3, 0.4) is 0 Å². The van der Waals surface area contributed by atoms with Crippen LogP contribution >= 0.6 is 11.3 Å². The molecule has 11 heteroatoms. The van der Waals surface area contributed by atoms with Crippen molar-refractivity contribution >= 4 is 44.1 Å². The fourth-order valence-corrected chi connectivity index (χ4v) is 6.30. The van der Waals surface area contributed by atoms with Crippen LogP contribution in [0.5, 0.6) is 0 Å². The Labute approximate surface area is 203 Å². The summed E-state index contributed by atoms with van der Waals surface area (Å²) in [7, 11) is -3.65. The first kappa shape index (κ1) is 25.9. The Morgan fingerprint density at radius 3 is 2.35 bits per heavy atom. The minimum Gasteiger partial charge on any atom is -0.462 e. The van der Waals surface area contributed by atoms with Gasteiger partial charge in [0.2, 0.25) is 10.0 Å². The molecule has 1 fully saturated rings. The molecule has 1 aromatic heterocycles. The van der Waals surface area contributed by atoms with Gasteiger partial charge in [-0.3, -0.25) is 4.79 Å². The Kier molecular flexibility index (Phi) is 8.45. The fourth-order valence-electron chi connectivity index (χ4n) is 3.65. The number of Topliss-reactive ketones (excluding diaryl/α,β-unsaturated/α-hetero) is 1. The molecule has 0 aliphatic carbocycles. The minimum atomic E-state index is -3.65. The van der Waals surface area contributed by atoms with Crippen LogP contribution < -0.4 is 5.32 Å². The number of sulfonamides is 1. The zero-order chi connectivity index (χ0) is 24.9. The third kappa shape index (κ3) is 5.48. The number of ether oxygens (including phenoxy) is 2. The molecule has 1 aliphatic heterocycles. The van der Waals surface area contributed by atoms with Crippen LogP contribution in [0.2, 0.25) is 0 Å². The van der Waals surface area contributed by atoms with Gasteiger partial charge in [-0.25, -0.2) is 18.0 Å². The average molecular weight is 509 g/mol. The molecule has 34 heavy (non-hydrogen) atoms. The summed E-state index contributed by atoms with van der Waals surface area (Å²) in [6, 6.07) is 5.93. The highest BCUT2D eigenvalue weighted by Crippen LogP contribution is 2.34. The lowest BCUT2D eigenvalue weighted by molar-refractivity contribution is 0.0527. The lowest BCUT2D eigenvalue weighted by Crippen LogP contribution is -2.28. The molecule has 2 aromatic rings. The van der Waals surface area contributed by atoms with Gasteiger partial charge in [0.1, 0.15) is 9.88 Å². The highest BCUT2D eigenvalue weighted by atomic mass is 32.2. The van der Waals surface area contributed by atoms with Gasteiger partial charge >= 0.3 is 11.9 Å². The van der Waals surface area contributed by atoms with Crippen LogP contribution in [0.1, 0.15) is 62.6 Å². The van der Waals surface area contributed by atoms with Gasteiger partial charge in [-0.1, -0.05) is 12.1 Å². The molecule has 184 valence electrons. The zero-order valence-electron chi connectivity index (χ0n) is 19.4. The van der Waals surface area contributed by atoms with Crippen LogP contribution in [0.25, 0.3) is 0 Å². The van der Waals surface area contributed by atoms with Crippen molar-refractivity contribution in [2.24, 2.45) is 0 Å². The summed E-state index contributed by atoms with van der Waals surface area (Å²) in [5.41, 5.74) is 0.813.